The van der Waals surface area contributed by atoms with Gasteiger partial charge in [-0.05, 0) is 56.9 Å². The molecule has 3 nitrogen and oxygen atoms in total. The first kappa shape index (κ1) is 14.5. The van der Waals surface area contributed by atoms with E-state index in [4.69, 9.17) is 0 Å². The van der Waals surface area contributed by atoms with Crippen molar-refractivity contribution in [3.05, 3.63) is 0 Å². The zero-order valence-electron chi connectivity index (χ0n) is 13.1. The van der Waals surface area contributed by atoms with Crippen molar-refractivity contribution < 1.29 is 4.79 Å². The van der Waals surface area contributed by atoms with E-state index in [1.807, 2.05) is 0 Å². The summed E-state index contributed by atoms with van der Waals surface area (Å²) in [5.74, 6) is 2.09. The summed E-state index contributed by atoms with van der Waals surface area (Å²) in [7, 11) is 0. The van der Waals surface area contributed by atoms with E-state index in [1.165, 1.54) is 32.1 Å². The van der Waals surface area contributed by atoms with Crippen LogP contribution < -0.4 is 0 Å². The summed E-state index contributed by atoms with van der Waals surface area (Å²) in [6.45, 7) is 7.33. The number of alkyl halides is 1. The zero-order valence-corrected chi connectivity index (χ0v) is 14.7. The van der Waals surface area contributed by atoms with Crippen LogP contribution in [0.2, 0.25) is 0 Å². The van der Waals surface area contributed by atoms with Gasteiger partial charge in [0.2, 0.25) is 5.91 Å². The molecule has 5 fully saturated rings. The molecule has 1 saturated heterocycles. The van der Waals surface area contributed by atoms with Crippen LogP contribution in [0.15, 0.2) is 0 Å². The van der Waals surface area contributed by atoms with Crippen molar-refractivity contribution in [2.45, 2.75) is 49.8 Å². The first-order valence-corrected chi connectivity index (χ1v) is 9.52. The summed E-state index contributed by atoms with van der Waals surface area (Å²) >= 11 is 4.03. The Morgan fingerprint density at radius 2 is 1.71 bits per heavy atom. The minimum absolute atomic E-state index is 0.0119. The van der Waals surface area contributed by atoms with Gasteiger partial charge in [0.1, 0.15) is 0 Å². The number of hydrogen-bond donors (Lipinski definition) is 0. The van der Waals surface area contributed by atoms with Gasteiger partial charge in [0.15, 0.2) is 0 Å². The number of rotatable bonds is 2. The van der Waals surface area contributed by atoms with E-state index in [2.05, 4.69) is 32.7 Å². The lowest BCUT2D eigenvalue weighted by atomic mass is 9.49. The number of hydrogen-bond acceptors (Lipinski definition) is 2. The average Bonchev–Trinajstić information content (AvgIpc) is 2.44. The van der Waals surface area contributed by atoms with Crippen molar-refractivity contribution >= 4 is 21.8 Å². The average molecular weight is 355 g/mol. The minimum atomic E-state index is -0.0119. The highest BCUT2D eigenvalue weighted by molar-refractivity contribution is 9.10. The maximum Gasteiger partial charge on any atom is 0.228 e. The van der Waals surface area contributed by atoms with E-state index < -0.39 is 0 Å². The number of carbonyl (C=O) groups is 1. The van der Waals surface area contributed by atoms with Gasteiger partial charge in [-0.25, -0.2) is 0 Å². The summed E-state index contributed by atoms with van der Waals surface area (Å²) in [5.41, 5.74) is -0.0119. The third kappa shape index (κ3) is 2.37. The molecule has 4 bridgehead atoms. The zero-order chi connectivity index (χ0) is 14.7. The highest BCUT2D eigenvalue weighted by Gasteiger charge is 2.60. The Morgan fingerprint density at radius 1 is 1.10 bits per heavy atom. The summed E-state index contributed by atoms with van der Waals surface area (Å²) < 4.78 is 0.290. The first-order valence-electron chi connectivity index (χ1n) is 8.73. The molecule has 1 amide bonds. The Balaban J connectivity index is 1.52. The molecule has 0 radical (unpaired) electrons. The Labute approximate surface area is 136 Å². The number of amides is 1. The highest BCUT2D eigenvalue weighted by Crippen LogP contribution is 2.64. The fourth-order valence-electron chi connectivity index (χ4n) is 6.00. The normalized spacial score (nSPS) is 46.1. The molecular formula is C17H27BrN2O. The number of piperazine rings is 1. The fraction of sp³-hybridized carbons (Fsp3) is 0.941. The van der Waals surface area contributed by atoms with Crippen LogP contribution in [0, 0.1) is 17.3 Å². The quantitative estimate of drug-likeness (QED) is 0.711. The summed E-state index contributed by atoms with van der Waals surface area (Å²) in [6, 6.07) is 0. The lowest BCUT2D eigenvalue weighted by molar-refractivity contribution is -0.157. The molecule has 5 rings (SSSR count). The molecule has 2 unspecified atom stereocenters. The lowest BCUT2D eigenvalue weighted by Gasteiger charge is -2.60. The van der Waals surface area contributed by atoms with Crippen LogP contribution in [-0.2, 0) is 4.79 Å². The number of likely N-dealkylation sites (N-methyl/N-ethyl adjacent to an activating group) is 1. The van der Waals surface area contributed by atoms with Crippen LogP contribution >= 0.6 is 15.9 Å². The van der Waals surface area contributed by atoms with Crippen molar-refractivity contribution in [3.63, 3.8) is 0 Å². The van der Waals surface area contributed by atoms with Gasteiger partial charge in [0, 0.05) is 30.5 Å². The summed E-state index contributed by atoms with van der Waals surface area (Å²) in [5, 5.41) is 0. The minimum Gasteiger partial charge on any atom is -0.340 e. The molecule has 0 aromatic rings. The predicted molar refractivity (Wildman–Crippen MR) is 87.5 cm³/mol. The molecule has 0 spiro atoms. The van der Waals surface area contributed by atoms with Gasteiger partial charge in [-0.2, -0.15) is 0 Å². The second kappa shape index (κ2) is 4.95. The van der Waals surface area contributed by atoms with Gasteiger partial charge in [-0.1, -0.05) is 22.9 Å². The predicted octanol–water partition coefficient (Wildman–Crippen LogP) is 2.88. The highest BCUT2D eigenvalue weighted by atomic mass is 79.9. The number of nitrogens with zero attached hydrogens (tertiary/aromatic N) is 2. The molecule has 2 atom stereocenters. The largest absolute Gasteiger partial charge is 0.340 e. The second-order valence-corrected chi connectivity index (χ2v) is 9.80. The molecule has 0 aromatic carbocycles. The van der Waals surface area contributed by atoms with E-state index in [0.717, 1.165) is 51.0 Å². The molecule has 4 aliphatic carbocycles. The van der Waals surface area contributed by atoms with Crippen molar-refractivity contribution in [1.29, 1.82) is 0 Å². The molecule has 4 saturated carbocycles. The second-order valence-electron chi connectivity index (χ2n) is 8.12. The number of carbonyl (C=O) groups excluding carboxylic acids is 1. The van der Waals surface area contributed by atoms with E-state index >= 15 is 0 Å². The van der Waals surface area contributed by atoms with Crippen molar-refractivity contribution in [1.82, 2.24) is 9.80 Å². The van der Waals surface area contributed by atoms with Crippen molar-refractivity contribution in [2.75, 3.05) is 32.7 Å². The van der Waals surface area contributed by atoms with Crippen LogP contribution in [0.5, 0.6) is 0 Å². The number of halogens is 1. The first-order chi connectivity index (χ1) is 10.0. The Bertz CT molecular complexity index is 430. The maximum atomic E-state index is 13.3. The molecule has 1 aliphatic heterocycles. The summed E-state index contributed by atoms with van der Waals surface area (Å²) in [6.07, 6.45) is 7.43. The molecular weight excluding hydrogens is 328 g/mol. The van der Waals surface area contributed by atoms with E-state index in [-0.39, 0.29) is 9.74 Å². The topological polar surface area (TPSA) is 23.6 Å². The van der Waals surface area contributed by atoms with Gasteiger partial charge in [-0.15, -0.1) is 0 Å². The van der Waals surface area contributed by atoms with Crippen LogP contribution in [-0.4, -0.2) is 52.8 Å². The molecule has 5 aliphatic rings. The van der Waals surface area contributed by atoms with E-state index in [9.17, 15) is 4.79 Å². The molecule has 1 heterocycles. The van der Waals surface area contributed by atoms with Gasteiger partial charge in [0.25, 0.3) is 0 Å². The van der Waals surface area contributed by atoms with Crippen molar-refractivity contribution in [3.8, 4) is 0 Å². The van der Waals surface area contributed by atoms with Gasteiger partial charge in [0.05, 0.1) is 5.41 Å². The van der Waals surface area contributed by atoms with Crippen LogP contribution in [0.1, 0.15) is 45.4 Å². The molecule has 0 N–H and O–H groups in total. The molecule has 4 heteroatoms. The third-order valence-corrected chi connectivity index (χ3v) is 7.48. The molecule has 0 aromatic heterocycles. The maximum absolute atomic E-state index is 13.3. The van der Waals surface area contributed by atoms with Gasteiger partial charge < -0.3 is 9.80 Å². The fourth-order valence-corrected chi connectivity index (χ4v) is 7.46. The smallest absolute Gasteiger partial charge is 0.228 e. The monoisotopic (exact) mass is 354 g/mol. The van der Waals surface area contributed by atoms with Crippen LogP contribution in [0.4, 0.5) is 0 Å². The van der Waals surface area contributed by atoms with Crippen LogP contribution in [0.25, 0.3) is 0 Å². The molecule has 21 heavy (non-hydrogen) atoms. The molecule has 118 valence electrons. The van der Waals surface area contributed by atoms with E-state index in [1.54, 1.807) is 0 Å². The Kier molecular flexibility index (Phi) is 3.42. The third-order valence-electron chi connectivity index (χ3n) is 6.55. The summed E-state index contributed by atoms with van der Waals surface area (Å²) in [4.78, 5) is 17.9. The standard InChI is InChI=1S/C17H27BrN2O/c1-2-19-3-5-20(6-4-19)15(21)16-8-13-7-14(9-16)11-17(18,10-13)12-16/h13-14H,2-12H2,1H3. The van der Waals surface area contributed by atoms with Gasteiger partial charge in [-0.3, -0.25) is 4.79 Å². The Hall–Kier alpha value is -0.0900. The van der Waals surface area contributed by atoms with Crippen LogP contribution in [0.3, 0.4) is 0 Å². The van der Waals surface area contributed by atoms with Gasteiger partial charge >= 0.3 is 0 Å². The van der Waals surface area contributed by atoms with Crippen molar-refractivity contribution in [2.24, 2.45) is 17.3 Å². The SMILES string of the molecule is CCN1CCN(C(=O)C23CC4CC(CC(Br)(C4)C2)C3)CC1. The van der Waals surface area contributed by atoms with E-state index in [0.29, 0.717) is 5.91 Å². The lowest BCUT2D eigenvalue weighted by Crippen LogP contribution is -2.61. The Morgan fingerprint density at radius 3 is 2.24 bits per heavy atom.